The van der Waals surface area contributed by atoms with Crippen molar-refractivity contribution in [3.63, 3.8) is 0 Å². The fraction of sp³-hybridized carbons (Fsp3) is 0.933. The number of aliphatic hydroxyl groups is 3. The number of ether oxygens (including phenoxy) is 2. The minimum atomic E-state index is -0.926. The molecule has 0 spiro atoms. The van der Waals surface area contributed by atoms with Crippen LogP contribution in [0.2, 0.25) is 0 Å². The van der Waals surface area contributed by atoms with E-state index in [0.717, 1.165) is 0 Å². The third-order valence-corrected chi connectivity index (χ3v) is 4.69. The number of Topliss-reactive ketones (excluding diaryl/α,β-unsaturated/α-hetero) is 1. The topological polar surface area (TPSA) is 99.5 Å². The molecule has 8 atom stereocenters. The van der Waals surface area contributed by atoms with E-state index in [2.05, 4.69) is 0 Å². The van der Waals surface area contributed by atoms with Gasteiger partial charge in [0.05, 0.1) is 37.1 Å². The molecule has 122 valence electrons. The predicted octanol–water partition coefficient (Wildman–Crippen LogP) is -0.123. The number of carbonyl (C=O) groups is 1. The number of ketones is 1. The smallest absolute Gasteiger partial charge is 0.132 e. The fourth-order valence-electron chi connectivity index (χ4n) is 3.09. The van der Waals surface area contributed by atoms with Gasteiger partial charge < -0.3 is 24.8 Å². The van der Waals surface area contributed by atoms with E-state index in [1.807, 2.05) is 6.92 Å². The summed E-state index contributed by atoms with van der Waals surface area (Å²) in [5, 5.41) is 29.5. The molecule has 21 heavy (non-hydrogen) atoms. The van der Waals surface area contributed by atoms with Crippen LogP contribution in [-0.4, -0.2) is 64.3 Å². The maximum Gasteiger partial charge on any atom is 0.132 e. The molecule has 2 aliphatic heterocycles. The van der Waals surface area contributed by atoms with Crippen LogP contribution >= 0.6 is 0 Å². The summed E-state index contributed by atoms with van der Waals surface area (Å²) in [4.78, 5) is 11.3. The molecule has 0 aromatic rings. The van der Waals surface area contributed by atoms with Crippen molar-refractivity contribution >= 4 is 5.78 Å². The van der Waals surface area contributed by atoms with E-state index in [4.69, 9.17) is 9.47 Å². The summed E-state index contributed by atoms with van der Waals surface area (Å²) in [6.07, 6.45) is -2.00. The van der Waals surface area contributed by atoms with Crippen molar-refractivity contribution in [3.8, 4) is 0 Å². The fourth-order valence-corrected chi connectivity index (χ4v) is 3.09. The average molecular weight is 302 g/mol. The van der Waals surface area contributed by atoms with Gasteiger partial charge in [-0.25, -0.2) is 0 Å². The molecule has 6 heteroatoms. The molecule has 2 aliphatic rings. The van der Waals surface area contributed by atoms with Crippen molar-refractivity contribution in [2.24, 2.45) is 11.8 Å². The van der Waals surface area contributed by atoms with Gasteiger partial charge in [-0.15, -0.1) is 0 Å². The predicted molar refractivity (Wildman–Crippen MR) is 74.7 cm³/mol. The van der Waals surface area contributed by atoms with Crippen LogP contribution in [0.15, 0.2) is 0 Å². The number of hydrogen-bond donors (Lipinski definition) is 3. The second-order valence-electron chi connectivity index (χ2n) is 6.47. The molecule has 0 saturated carbocycles. The van der Waals surface area contributed by atoms with Crippen LogP contribution in [0.5, 0.6) is 0 Å². The van der Waals surface area contributed by atoms with Crippen LogP contribution in [-0.2, 0) is 14.3 Å². The molecule has 3 N–H and O–H groups in total. The summed E-state index contributed by atoms with van der Waals surface area (Å²) >= 11 is 0. The molecule has 6 nitrogen and oxygen atoms in total. The Hall–Kier alpha value is -0.530. The number of carbonyl (C=O) groups excluding carboxylic acids is 1. The Bertz CT molecular complexity index is 371. The Morgan fingerprint density at radius 2 is 1.95 bits per heavy atom. The molecule has 2 fully saturated rings. The SMILES string of the molecule is CC(=O)C[C@@H]1OC[C@H](O)[C@H](O)[C@H]1C[C@@H]1O[C@H]1[C@@H](C)[C@H](C)O. The molecule has 0 bridgehead atoms. The van der Waals surface area contributed by atoms with E-state index < -0.39 is 18.3 Å². The van der Waals surface area contributed by atoms with Gasteiger partial charge >= 0.3 is 0 Å². The maximum atomic E-state index is 11.3. The highest BCUT2D eigenvalue weighted by atomic mass is 16.6. The quantitative estimate of drug-likeness (QED) is 0.591. The van der Waals surface area contributed by atoms with Crippen LogP contribution in [0.3, 0.4) is 0 Å². The zero-order chi connectivity index (χ0) is 15.7. The molecular weight excluding hydrogens is 276 g/mol. The zero-order valence-electron chi connectivity index (χ0n) is 12.8. The molecule has 2 rings (SSSR count). The maximum absolute atomic E-state index is 11.3. The molecule has 0 unspecified atom stereocenters. The van der Waals surface area contributed by atoms with Crippen LogP contribution < -0.4 is 0 Å². The van der Waals surface area contributed by atoms with E-state index in [9.17, 15) is 20.1 Å². The van der Waals surface area contributed by atoms with Gasteiger partial charge in [-0.1, -0.05) is 6.92 Å². The van der Waals surface area contributed by atoms with Gasteiger partial charge in [-0.05, 0) is 20.3 Å². The average Bonchev–Trinajstić information content (AvgIpc) is 3.16. The standard InChI is InChI=1S/C15H26O6/c1-7(16)4-12-10(14(19)11(18)6-20-12)5-13-15(21-13)8(2)9(3)17/h8-15,17-19H,4-6H2,1-3H3/t8-,9-,10-,11-,12-,13-,14+,15-/m0/s1. The van der Waals surface area contributed by atoms with Gasteiger partial charge in [0.2, 0.25) is 0 Å². The Labute approximate surface area is 125 Å². The van der Waals surface area contributed by atoms with E-state index in [0.29, 0.717) is 6.42 Å². The van der Waals surface area contributed by atoms with Crippen molar-refractivity contribution in [3.05, 3.63) is 0 Å². The Morgan fingerprint density at radius 1 is 1.29 bits per heavy atom. The molecule has 2 saturated heterocycles. The summed E-state index contributed by atoms with van der Waals surface area (Å²) in [5.74, 6) is -0.305. The van der Waals surface area contributed by atoms with E-state index in [1.165, 1.54) is 6.92 Å². The first-order valence-electron chi connectivity index (χ1n) is 7.62. The lowest BCUT2D eigenvalue weighted by Crippen LogP contribution is -2.50. The molecule has 0 aromatic heterocycles. The van der Waals surface area contributed by atoms with Gasteiger partial charge in [-0.3, -0.25) is 4.79 Å². The van der Waals surface area contributed by atoms with Crippen molar-refractivity contribution < 1.29 is 29.6 Å². The molecule has 0 radical (unpaired) electrons. The highest BCUT2D eigenvalue weighted by Gasteiger charge is 2.49. The lowest BCUT2D eigenvalue weighted by molar-refractivity contribution is -0.165. The molecule has 0 aliphatic carbocycles. The lowest BCUT2D eigenvalue weighted by atomic mass is 9.82. The second-order valence-corrected chi connectivity index (χ2v) is 6.47. The first-order chi connectivity index (χ1) is 9.81. The first kappa shape index (κ1) is 16.8. The third-order valence-electron chi connectivity index (χ3n) is 4.69. The second kappa shape index (κ2) is 6.71. The van der Waals surface area contributed by atoms with Crippen LogP contribution in [0.25, 0.3) is 0 Å². The van der Waals surface area contributed by atoms with Crippen LogP contribution in [0, 0.1) is 11.8 Å². The van der Waals surface area contributed by atoms with Crippen molar-refractivity contribution in [1.82, 2.24) is 0 Å². The Morgan fingerprint density at radius 3 is 2.52 bits per heavy atom. The van der Waals surface area contributed by atoms with E-state index in [-0.39, 0.29) is 49.0 Å². The summed E-state index contributed by atoms with van der Waals surface area (Å²) in [6.45, 7) is 5.19. The molecule has 0 aromatic carbocycles. The minimum Gasteiger partial charge on any atom is -0.393 e. The largest absolute Gasteiger partial charge is 0.393 e. The van der Waals surface area contributed by atoms with Crippen LogP contribution in [0.1, 0.15) is 33.6 Å². The minimum absolute atomic E-state index is 0.000737. The van der Waals surface area contributed by atoms with Crippen molar-refractivity contribution in [2.75, 3.05) is 6.61 Å². The molecule has 0 amide bonds. The number of rotatable bonds is 6. The number of aliphatic hydroxyl groups excluding tert-OH is 3. The number of epoxide rings is 1. The highest BCUT2D eigenvalue weighted by molar-refractivity contribution is 5.76. The normalized spacial score (nSPS) is 42.4. The monoisotopic (exact) mass is 302 g/mol. The van der Waals surface area contributed by atoms with Crippen molar-refractivity contribution in [2.45, 2.75) is 70.2 Å². The van der Waals surface area contributed by atoms with Gasteiger partial charge in [0, 0.05) is 18.3 Å². The van der Waals surface area contributed by atoms with Gasteiger partial charge in [-0.2, -0.15) is 0 Å². The summed E-state index contributed by atoms with van der Waals surface area (Å²) in [7, 11) is 0. The number of hydrogen-bond acceptors (Lipinski definition) is 6. The zero-order valence-corrected chi connectivity index (χ0v) is 12.8. The molecular formula is C15H26O6. The van der Waals surface area contributed by atoms with Crippen LogP contribution in [0.4, 0.5) is 0 Å². The van der Waals surface area contributed by atoms with E-state index in [1.54, 1.807) is 6.92 Å². The van der Waals surface area contributed by atoms with Gasteiger partial charge in [0.15, 0.2) is 0 Å². The lowest BCUT2D eigenvalue weighted by Gasteiger charge is -2.38. The van der Waals surface area contributed by atoms with Gasteiger partial charge in [0.25, 0.3) is 0 Å². The first-order valence-corrected chi connectivity index (χ1v) is 7.62. The third kappa shape index (κ3) is 4.02. The summed E-state index contributed by atoms with van der Waals surface area (Å²) < 4.78 is 11.1. The molecule has 2 heterocycles. The highest BCUT2D eigenvalue weighted by Crippen LogP contribution is 2.39. The van der Waals surface area contributed by atoms with Gasteiger partial charge in [0.1, 0.15) is 11.9 Å². The Balaban J connectivity index is 1.96. The summed E-state index contributed by atoms with van der Waals surface area (Å²) in [5.41, 5.74) is 0. The summed E-state index contributed by atoms with van der Waals surface area (Å²) in [6, 6.07) is 0. The van der Waals surface area contributed by atoms with Crippen molar-refractivity contribution in [1.29, 1.82) is 0 Å². The Kier molecular flexibility index (Phi) is 5.38. The van der Waals surface area contributed by atoms with E-state index >= 15 is 0 Å².